The Morgan fingerprint density at radius 3 is 2.55 bits per heavy atom. The largest absolute Gasteiger partial charge is 0.494 e. The van der Waals surface area contributed by atoms with Gasteiger partial charge in [0.25, 0.3) is 0 Å². The van der Waals surface area contributed by atoms with Gasteiger partial charge in [-0.3, -0.25) is 19.7 Å². The van der Waals surface area contributed by atoms with E-state index in [1.807, 2.05) is 6.92 Å². The van der Waals surface area contributed by atoms with Gasteiger partial charge < -0.3 is 15.4 Å². The summed E-state index contributed by atoms with van der Waals surface area (Å²) in [6.07, 6.45) is 0. The molecule has 1 saturated heterocycles. The first-order valence-corrected chi connectivity index (χ1v) is 12.8. The van der Waals surface area contributed by atoms with E-state index >= 15 is 0 Å². The number of amides is 2. The highest BCUT2D eigenvalue weighted by Gasteiger charge is 2.38. The van der Waals surface area contributed by atoms with Crippen LogP contribution in [-0.4, -0.2) is 55.7 Å². The van der Waals surface area contributed by atoms with Crippen LogP contribution in [0.25, 0.3) is 0 Å². The predicted octanol–water partition coefficient (Wildman–Crippen LogP) is 1.81. The minimum absolute atomic E-state index is 0.0125. The number of ether oxygens (including phenoxy) is 1. The topological polar surface area (TPSA) is 131 Å². The Hall–Kier alpha value is -2.89. The number of carbonyl (C=O) groups is 3. The highest BCUT2D eigenvalue weighted by Crippen LogP contribution is 2.22. The highest BCUT2D eigenvalue weighted by molar-refractivity contribution is 8.00. The minimum Gasteiger partial charge on any atom is -0.494 e. The maximum atomic E-state index is 12.9. The first-order chi connectivity index (χ1) is 15.7. The summed E-state index contributed by atoms with van der Waals surface area (Å²) in [6.45, 7) is 3.65. The Morgan fingerprint density at radius 1 is 1.18 bits per heavy atom. The van der Waals surface area contributed by atoms with E-state index in [0.717, 1.165) is 11.8 Å². The Morgan fingerprint density at radius 2 is 1.91 bits per heavy atom. The highest BCUT2D eigenvalue weighted by atomic mass is 32.2. The van der Waals surface area contributed by atoms with Gasteiger partial charge in [-0.2, -0.15) is 0 Å². The van der Waals surface area contributed by atoms with E-state index in [1.165, 1.54) is 19.1 Å². The van der Waals surface area contributed by atoms with Crippen LogP contribution in [0.5, 0.6) is 5.75 Å². The van der Waals surface area contributed by atoms with E-state index in [4.69, 9.17) is 4.74 Å². The lowest BCUT2D eigenvalue weighted by molar-refractivity contribution is -0.122. The van der Waals surface area contributed by atoms with Crippen molar-refractivity contribution in [3.63, 3.8) is 0 Å². The molecule has 1 fully saturated rings. The van der Waals surface area contributed by atoms with E-state index < -0.39 is 26.5 Å². The van der Waals surface area contributed by atoms with Crippen LogP contribution in [0.3, 0.4) is 0 Å². The molecule has 0 radical (unpaired) electrons. The number of benzene rings is 2. The van der Waals surface area contributed by atoms with Gasteiger partial charge in [-0.1, -0.05) is 12.1 Å². The standard InChI is InChI=1S/C22H25N3O6S2/c1-3-31-17-7-9-18(10-8-17)33(29,30)19-12-23-22(25-21(19)28)32-13-20(27)24-16-6-4-5-15(11-16)14(2)26/h4-11,19,22-23H,3,12-13H2,1-2H3,(H,24,27)(H,25,28). The number of nitrogens with one attached hydrogen (secondary N) is 3. The van der Waals surface area contributed by atoms with Crippen molar-refractivity contribution in [1.82, 2.24) is 10.6 Å². The van der Waals surface area contributed by atoms with Crippen molar-refractivity contribution in [3.05, 3.63) is 54.1 Å². The van der Waals surface area contributed by atoms with Crippen molar-refractivity contribution in [3.8, 4) is 5.75 Å². The lowest BCUT2D eigenvalue weighted by atomic mass is 10.1. The molecule has 2 aromatic rings. The van der Waals surface area contributed by atoms with E-state index in [9.17, 15) is 22.8 Å². The molecular weight excluding hydrogens is 466 g/mol. The van der Waals surface area contributed by atoms with E-state index in [2.05, 4.69) is 16.0 Å². The average Bonchev–Trinajstić information content (AvgIpc) is 2.78. The first kappa shape index (κ1) is 24.7. The zero-order valence-electron chi connectivity index (χ0n) is 18.2. The summed E-state index contributed by atoms with van der Waals surface area (Å²) < 4.78 is 31.1. The zero-order valence-corrected chi connectivity index (χ0v) is 19.8. The number of Topliss-reactive ketones (excluding diaryl/α,β-unsaturated/α-hetero) is 1. The molecule has 3 N–H and O–H groups in total. The van der Waals surface area contributed by atoms with Gasteiger partial charge >= 0.3 is 0 Å². The molecule has 2 unspecified atom stereocenters. The molecule has 0 saturated carbocycles. The molecule has 3 rings (SSSR count). The van der Waals surface area contributed by atoms with Crippen LogP contribution in [0.1, 0.15) is 24.2 Å². The molecular formula is C22H25N3O6S2. The second-order valence-electron chi connectivity index (χ2n) is 7.23. The normalized spacial score (nSPS) is 18.3. The molecule has 2 atom stereocenters. The number of carbonyl (C=O) groups excluding carboxylic acids is 3. The molecule has 0 aliphatic carbocycles. The molecule has 0 aromatic heterocycles. The van der Waals surface area contributed by atoms with Crippen LogP contribution in [-0.2, 0) is 19.4 Å². The summed E-state index contributed by atoms with van der Waals surface area (Å²) in [4.78, 5) is 36.3. The van der Waals surface area contributed by atoms with E-state index in [0.29, 0.717) is 23.6 Å². The number of rotatable bonds is 9. The summed E-state index contributed by atoms with van der Waals surface area (Å²) in [5.74, 6) is -0.496. The van der Waals surface area contributed by atoms with Gasteiger partial charge in [0.2, 0.25) is 11.8 Å². The number of hydrogen-bond donors (Lipinski definition) is 3. The average molecular weight is 492 g/mol. The quantitative estimate of drug-likeness (QED) is 0.453. The third kappa shape index (κ3) is 6.34. The van der Waals surface area contributed by atoms with Gasteiger partial charge in [0.1, 0.15) is 11.2 Å². The summed E-state index contributed by atoms with van der Waals surface area (Å²) in [6, 6.07) is 12.5. The van der Waals surface area contributed by atoms with Crippen LogP contribution in [0.15, 0.2) is 53.4 Å². The summed E-state index contributed by atoms with van der Waals surface area (Å²) in [5.41, 5.74) is 0.371. The van der Waals surface area contributed by atoms with Crippen molar-refractivity contribution in [2.45, 2.75) is 29.5 Å². The van der Waals surface area contributed by atoms with Crippen LogP contribution in [0, 0.1) is 0 Å². The fourth-order valence-electron chi connectivity index (χ4n) is 3.16. The number of anilines is 1. The Kier molecular flexibility index (Phi) is 8.11. The molecule has 33 heavy (non-hydrogen) atoms. The van der Waals surface area contributed by atoms with Gasteiger partial charge in [0.15, 0.2) is 20.9 Å². The fraction of sp³-hybridized carbons (Fsp3) is 0.318. The summed E-state index contributed by atoms with van der Waals surface area (Å²) >= 11 is 1.12. The summed E-state index contributed by atoms with van der Waals surface area (Å²) in [5, 5.41) is 6.97. The smallest absolute Gasteiger partial charge is 0.241 e. The molecule has 1 aliphatic rings. The Balaban J connectivity index is 1.53. The number of thioether (sulfide) groups is 1. The van der Waals surface area contributed by atoms with Crippen molar-refractivity contribution in [2.75, 3.05) is 24.2 Å². The first-order valence-electron chi connectivity index (χ1n) is 10.2. The minimum atomic E-state index is -3.90. The molecule has 0 bridgehead atoms. The van der Waals surface area contributed by atoms with Gasteiger partial charge in [-0.05, 0) is 50.2 Å². The molecule has 1 aliphatic heterocycles. The van der Waals surface area contributed by atoms with Crippen molar-refractivity contribution in [1.29, 1.82) is 0 Å². The van der Waals surface area contributed by atoms with Crippen molar-refractivity contribution >= 4 is 44.9 Å². The monoisotopic (exact) mass is 491 g/mol. The van der Waals surface area contributed by atoms with Crippen molar-refractivity contribution < 1.29 is 27.5 Å². The maximum absolute atomic E-state index is 12.9. The SMILES string of the molecule is CCOc1ccc(S(=O)(=O)C2CNC(SCC(=O)Nc3cccc(C(C)=O)c3)NC2=O)cc1. The molecule has 176 valence electrons. The number of hydrogen-bond acceptors (Lipinski definition) is 8. The van der Waals surface area contributed by atoms with Gasteiger partial charge in [-0.15, -0.1) is 11.8 Å². The Bertz CT molecular complexity index is 1140. The molecule has 9 nitrogen and oxygen atoms in total. The Labute approximate surface area is 196 Å². The van der Waals surface area contributed by atoms with Crippen LogP contribution < -0.4 is 20.7 Å². The van der Waals surface area contributed by atoms with E-state index in [-0.39, 0.29) is 28.9 Å². The number of sulfone groups is 1. The molecule has 1 heterocycles. The summed E-state index contributed by atoms with van der Waals surface area (Å²) in [7, 11) is -3.90. The number of ketones is 1. The van der Waals surface area contributed by atoms with E-state index in [1.54, 1.807) is 36.4 Å². The van der Waals surface area contributed by atoms with Crippen LogP contribution >= 0.6 is 11.8 Å². The molecule has 2 amide bonds. The lowest BCUT2D eigenvalue weighted by Crippen LogP contribution is -2.59. The predicted molar refractivity (Wildman–Crippen MR) is 126 cm³/mol. The second-order valence-corrected chi connectivity index (χ2v) is 10.5. The molecule has 0 spiro atoms. The second kappa shape index (κ2) is 10.8. The van der Waals surface area contributed by atoms with Gasteiger partial charge in [0.05, 0.1) is 17.3 Å². The van der Waals surface area contributed by atoms with Crippen LogP contribution in [0.4, 0.5) is 5.69 Å². The fourth-order valence-corrected chi connectivity index (χ4v) is 5.47. The van der Waals surface area contributed by atoms with Gasteiger partial charge in [-0.25, -0.2) is 8.42 Å². The maximum Gasteiger partial charge on any atom is 0.241 e. The van der Waals surface area contributed by atoms with Gasteiger partial charge in [0, 0.05) is 17.8 Å². The third-order valence-electron chi connectivity index (χ3n) is 4.83. The third-order valence-corrected chi connectivity index (χ3v) is 7.93. The van der Waals surface area contributed by atoms with Crippen LogP contribution in [0.2, 0.25) is 0 Å². The van der Waals surface area contributed by atoms with Crippen molar-refractivity contribution in [2.24, 2.45) is 0 Å². The molecule has 2 aromatic carbocycles. The lowest BCUT2D eigenvalue weighted by Gasteiger charge is -2.29. The molecule has 11 heteroatoms. The zero-order chi connectivity index (χ0) is 24.0.